The van der Waals surface area contributed by atoms with Gasteiger partial charge in [-0.3, -0.25) is 0 Å². The molecule has 0 amide bonds. The molecule has 0 aromatic rings. The SMILES string of the molecule is CCCN1C(=S)[NH+](CCC)C(C)=CC1C.[Cl-]. The Bertz CT molecular complexity index is 266. The largest absolute Gasteiger partial charge is 1.00 e. The van der Waals surface area contributed by atoms with E-state index in [2.05, 4.69) is 38.7 Å². The molecule has 16 heavy (non-hydrogen) atoms. The van der Waals surface area contributed by atoms with Gasteiger partial charge in [0.1, 0.15) is 5.70 Å². The summed E-state index contributed by atoms with van der Waals surface area (Å²) in [6, 6.07) is 0.470. The summed E-state index contributed by atoms with van der Waals surface area (Å²) >= 11 is 5.58. The van der Waals surface area contributed by atoms with Crippen LogP contribution in [0.2, 0.25) is 0 Å². The van der Waals surface area contributed by atoms with E-state index in [0.29, 0.717) is 6.04 Å². The average molecular weight is 263 g/mol. The van der Waals surface area contributed by atoms with Crippen molar-refractivity contribution in [1.82, 2.24) is 4.90 Å². The number of thiocarbonyl (C=S) groups is 1. The van der Waals surface area contributed by atoms with Gasteiger partial charge in [0.25, 0.3) is 5.11 Å². The van der Waals surface area contributed by atoms with Crippen LogP contribution in [0.15, 0.2) is 11.8 Å². The van der Waals surface area contributed by atoms with Crippen LogP contribution in [-0.2, 0) is 0 Å². The lowest BCUT2D eigenvalue weighted by Crippen LogP contribution is -3.15. The van der Waals surface area contributed by atoms with Crippen LogP contribution < -0.4 is 17.3 Å². The minimum absolute atomic E-state index is 0. The molecule has 1 aliphatic heterocycles. The Kier molecular flexibility index (Phi) is 7.20. The summed E-state index contributed by atoms with van der Waals surface area (Å²) in [4.78, 5) is 3.74. The zero-order valence-corrected chi connectivity index (χ0v) is 12.3. The van der Waals surface area contributed by atoms with E-state index in [0.717, 1.165) is 24.6 Å². The van der Waals surface area contributed by atoms with Crippen molar-refractivity contribution in [3.8, 4) is 0 Å². The number of nitrogens with zero attached hydrogens (tertiary/aromatic N) is 1. The summed E-state index contributed by atoms with van der Waals surface area (Å²) in [7, 11) is 0. The molecule has 4 heteroatoms. The predicted molar refractivity (Wildman–Crippen MR) is 68.9 cm³/mol. The van der Waals surface area contributed by atoms with Crippen LogP contribution in [0.1, 0.15) is 40.5 Å². The average Bonchev–Trinajstić information content (AvgIpc) is 2.19. The van der Waals surface area contributed by atoms with Gasteiger partial charge in [-0.05, 0) is 25.8 Å². The molecule has 0 radical (unpaired) electrons. The van der Waals surface area contributed by atoms with Crippen molar-refractivity contribution in [3.63, 3.8) is 0 Å². The first-order valence-electron chi connectivity index (χ1n) is 5.97. The second-order valence-electron chi connectivity index (χ2n) is 4.32. The lowest BCUT2D eigenvalue weighted by molar-refractivity contribution is -0.768. The first-order chi connectivity index (χ1) is 7.11. The summed E-state index contributed by atoms with van der Waals surface area (Å²) in [6.45, 7) is 11.0. The molecule has 1 N–H and O–H groups in total. The van der Waals surface area contributed by atoms with Crippen molar-refractivity contribution in [1.29, 1.82) is 0 Å². The van der Waals surface area contributed by atoms with Gasteiger partial charge in [-0.15, -0.1) is 0 Å². The summed E-state index contributed by atoms with van der Waals surface area (Å²) in [6.07, 6.45) is 4.68. The van der Waals surface area contributed by atoms with Crippen LogP contribution in [-0.4, -0.2) is 29.1 Å². The van der Waals surface area contributed by atoms with Gasteiger partial charge in [0, 0.05) is 25.7 Å². The fourth-order valence-corrected chi connectivity index (χ4v) is 2.70. The summed E-state index contributed by atoms with van der Waals surface area (Å²) in [5, 5.41) is 1.09. The third kappa shape index (κ3) is 3.44. The van der Waals surface area contributed by atoms with Crippen molar-refractivity contribution in [3.05, 3.63) is 11.8 Å². The Balaban J connectivity index is 0.00000225. The Morgan fingerprint density at radius 1 is 1.38 bits per heavy atom. The normalized spacial score (nSPS) is 25.1. The van der Waals surface area contributed by atoms with Crippen LogP contribution in [0.25, 0.3) is 0 Å². The van der Waals surface area contributed by atoms with E-state index in [4.69, 9.17) is 12.2 Å². The lowest BCUT2D eigenvalue weighted by atomic mass is 10.1. The number of nitrogens with one attached hydrogen (secondary N) is 1. The van der Waals surface area contributed by atoms with Gasteiger partial charge in [0.2, 0.25) is 0 Å². The quantitative estimate of drug-likeness (QED) is 0.623. The molecule has 0 fully saturated rings. The fourth-order valence-electron chi connectivity index (χ4n) is 2.18. The zero-order valence-electron chi connectivity index (χ0n) is 10.7. The molecular formula is C12H23ClN2S. The van der Waals surface area contributed by atoms with Gasteiger partial charge in [-0.2, -0.15) is 0 Å². The summed E-state index contributed by atoms with van der Waals surface area (Å²) in [5.41, 5.74) is 1.39. The molecule has 0 saturated heterocycles. The highest BCUT2D eigenvalue weighted by molar-refractivity contribution is 7.79. The highest BCUT2D eigenvalue weighted by Crippen LogP contribution is 2.07. The fraction of sp³-hybridized carbons (Fsp3) is 0.750. The molecule has 1 heterocycles. The standard InChI is InChI=1S/C12H22N2S.ClH/c1-5-7-13-10(3)9-11(4)14(8-6-2)12(13)15;/h9-10H,5-8H2,1-4H3;1H. The van der Waals surface area contributed by atoms with Gasteiger partial charge >= 0.3 is 0 Å². The number of quaternary nitrogens is 1. The van der Waals surface area contributed by atoms with E-state index in [1.54, 1.807) is 0 Å². The molecule has 1 aliphatic rings. The second kappa shape index (κ2) is 7.25. The minimum Gasteiger partial charge on any atom is -1.00 e. The number of rotatable bonds is 4. The highest BCUT2D eigenvalue weighted by Gasteiger charge is 2.30. The minimum atomic E-state index is 0. The maximum Gasteiger partial charge on any atom is 0.276 e. The molecular weight excluding hydrogens is 240 g/mol. The highest BCUT2D eigenvalue weighted by atomic mass is 35.5. The molecule has 2 nitrogen and oxygen atoms in total. The number of hydrogen-bond donors (Lipinski definition) is 1. The third-order valence-corrected chi connectivity index (χ3v) is 3.42. The molecule has 1 rings (SSSR count). The Labute approximate surface area is 111 Å². The van der Waals surface area contributed by atoms with Crippen molar-refractivity contribution in [2.75, 3.05) is 13.1 Å². The molecule has 0 aromatic heterocycles. The van der Waals surface area contributed by atoms with Gasteiger partial charge in [0.15, 0.2) is 0 Å². The van der Waals surface area contributed by atoms with Crippen molar-refractivity contribution in [2.24, 2.45) is 0 Å². The molecule has 0 bridgehead atoms. The molecule has 0 saturated carbocycles. The molecule has 0 spiro atoms. The van der Waals surface area contributed by atoms with Crippen LogP contribution in [0.5, 0.6) is 0 Å². The smallest absolute Gasteiger partial charge is 0.276 e. The van der Waals surface area contributed by atoms with Gasteiger partial charge in [-0.1, -0.05) is 13.8 Å². The van der Waals surface area contributed by atoms with Crippen molar-refractivity contribution in [2.45, 2.75) is 46.6 Å². The molecule has 94 valence electrons. The first-order valence-corrected chi connectivity index (χ1v) is 6.38. The number of allylic oxidation sites excluding steroid dienone is 1. The maximum absolute atomic E-state index is 5.58. The number of halogens is 1. The Hall–Kier alpha value is -0.120. The number of hydrogen-bond acceptors (Lipinski definition) is 1. The van der Waals surface area contributed by atoms with Crippen LogP contribution in [0.4, 0.5) is 0 Å². The molecule has 0 aliphatic carbocycles. The van der Waals surface area contributed by atoms with Crippen LogP contribution >= 0.6 is 12.2 Å². The summed E-state index contributed by atoms with van der Waals surface area (Å²) < 4.78 is 0. The third-order valence-electron chi connectivity index (χ3n) is 2.94. The van der Waals surface area contributed by atoms with Gasteiger partial charge in [0.05, 0.1) is 12.6 Å². The van der Waals surface area contributed by atoms with Gasteiger partial charge in [-0.25, -0.2) is 4.90 Å². The van der Waals surface area contributed by atoms with E-state index in [9.17, 15) is 0 Å². The first kappa shape index (κ1) is 15.9. The lowest BCUT2D eigenvalue weighted by Gasteiger charge is -2.36. The summed E-state index contributed by atoms with van der Waals surface area (Å²) in [5.74, 6) is 0. The van der Waals surface area contributed by atoms with E-state index in [1.807, 2.05) is 0 Å². The van der Waals surface area contributed by atoms with E-state index < -0.39 is 0 Å². The molecule has 2 atom stereocenters. The Morgan fingerprint density at radius 3 is 2.50 bits per heavy atom. The van der Waals surface area contributed by atoms with Gasteiger partial charge < -0.3 is 17.3 Å². The van der Waals surface area contributed by atoms with Crippen LogP contribution in [0, 0.1) is 0 Å². The zero-order chi connectivity index (χ0) is 11.4. The van der Waals surface area contributed by atoms with E-state index >= 15 is 0 Å². The maximum atomic E-state index is 5.58. The van der Waals surface area contributed by atoms with Crippen LogP contribution in [0.3, 0.4) is 0 Å². The van der Waals surface area contributed by atoms with E-state index in [1.165, 1.54) is 17.0 Å². The van der Waals surface area contributed by atoms with E-state index in [-0.39, 0.29) is 12.4 Å². The van der Waals surface area contributed by atoms with Crippen molar-refractivity contribution < 1.29 is 17.3 Å². The van der Waals surface area contributed by atoms with Crippen molar-refractivity contribution >= 4 is 17.3 Å². The topological polar surface area (TPSA) is 7.68 Å². The second-order valence-corrected chi connectivity index (χ2v) is 4.70. The Morgan fingerprint density at radius 2 is 2.00 bits per heavy atom. The predicted octanol–water partition coefficient (Wildman–Crippen LogP) is -1.41. The molecule has 2 unspecified atom stereocenters. The molecule has 0 aromatic carbocycles. The monoisotopic (exact) mass is 262 g/mol.